The zero-order valence-corrected chi connectivity index (χ0v) is 24.1. The number of ether oxygens (including phenoxy) is 2. The molecule has 4 aromatic rings. The van der Waals surface area contributed by atoms with Gasteiger partial charge in [-0.05, 0) is 59.7 Å². The Morgan fingerprint density at radius 3 is 1.29 bits per heavy atom. The second-order valence-electron chi connectivity index (χ2n) is 9.77. The number of hydrogen-bond donors (Lipinski definition) is 2. The molecule has 0 radical (unpaired) electrons. The van der Waals surface area contributed by atoms with Crippen LogP contribution in [-0.4, -0.2) is 29.4 Å². The molecule has 2 atom stereocenters. The summed E-state index contributed by atoms with van der Waals surface area (Å²) in [4.78, 5) is 25.3. The molecule has 2 unspecified atom stereocenters. The largest absolute Gasteiger partial charge is 0.435 e. The molecular formula is C31H20Cl2F6N2O4. The summed E-state index contributed by atoms with van der Waals surface area (Å²) in [6, 6.07) is 20.0. The van der Waals surface area contributed by atoms with Gasteiger partial charge < -0.3 is 20.1 Å². The normalized spacial score (nSPS) is 20.0. The predicted molar refractivity (Wildman–Crippen MR) is 155 cm³/mol. The molecule has 0 aromatic heterocycles. The number of benzene rings is 4. The lowest BCUT2D eigenvalue weighted by molar-refractivity contribution is -0.0504. The van der Waals surface area contributed by atoms with Gasteiger partial charge in [-0.15, -0.1) is 0 Å². The Bertz CT molecular complexity index is 1600. The number of carbonyl (C=O) groups excluding carboxylic acids is 2. The average Bonchev–Trinajstić information content (AvgIpc) is 3.36. The Balaban J connectivity index is 1.29. The first-order valence-electron chi connectivity index (χ1n) is 13.0. The summed E-state index contributed by atoms with van der Waals surface area (Å²) >= 11 is 12.3. The number of halogens is 8. The van der Waals surface area contributed by atoms with E-state index in [2.05, 4.69) is 20.1 Å². The molecule has 0 bridgehead atoms. The van der Waals surface area contributed by atoms with Gasteiger partial charge in [0.25, 0.3) is 11.8 Å². The van der Waals surface area contributed by atoms with E-state index in [1.54, 1.807) is 0 Å². The second-order valence-corrected chi connectivity index (χ2v) is 11.1. The minimum atomic E-state index is -3.05. The average molecular weight is 669 g/mol. The number of alkyl halides is 8. The van der Waals surface area contributed by atoms with Crippen LogP contribution in [-0.2, 0) is 11.3 Å². The number of carbonyl (C=O) groups is 2. The summed E-state index contributed by atoms with van der Waals surface area (Å²) in [5.74, 6) is -1.69. The van der Waals surface area contributed by atoms with Crippen LogP contribution in [0.4, 0.5) is 37.7 Å². The van der Waals surface area contributed by atoms with Gasteiger partial charge >= 0.3 is 13.2 Å². The van der Waals surface area contributed by atoms with E-state index in [0.29, 0.717) is 0 Å². The monoisotopic (exact) mass is 668 g/mol. The highest BCUT2D eigenvalue weighted by atomic mass is 35.5. The van der Waals surface area contributed by atoms with Crippen LogP contribution < -0.4 is 20.1 Å². The molecule has 1 fully saturated rings. The zero-order valence-electron chi connectivity index (χ0n) is 22.5. The maximum atomic E-state index is 16.3. The maximum Gasteiger partial charge on any atom is 0.387 e. The van der Waals surface area contributed by atoms with E-state index in [4.69, 9.17) is 23.2 Å². The molecular weight excluding hydrogens is 649 g/mol. The fraction of sp³-hybridized carbons (Fsp3) is 0.161. The molecule has 4 aromatic carbocycles. The van der Waals surface area contributed by atoms with Crippen molar-refractivity contribution < 1.29 is 45.4 Å². The molecule has 14 heteroatoms. The first-order chi connectivity index (χ1) is 21.3. The van der Waals surface area contributed by atoms with E-state index in [1.165, 1.54) is 72.8 Å². The van der Waals surface area contributed by atoms with Crippen molar-refractivity contribution in [1.82, 2.24) is 0 Å². The first kappa shape index (κ1) is 32.0. The van der Waals surface area contributed by atoms with E-state index in [9.17, 15) is 27.2 Å². The van der Waals surface area contributed by atoms with Crippen LogP contribution in [0, 0.1) is 0 Å². The van der Waals surface area contributed by atoms with Crippen LogP contribution in [0.15, 0.2) is 97.1 Å². The van der Waals surface area contributed by atoms with E-state index in [1.807, 2.05) is 0 Å². The Labute approximate surface area is 261 Å². The van der Waals surface area contributed by atoms with Gasteiger partial charge in [-0.25, -0.2) is 8.78 Å². The summed E-state index contributed by atoms with van der Waals surface area (Å²) in [6.07, 6.45) is 0. The van der Waals surface area contributed by atoms with Crippen LogP contribution in [0.1, 0.15) is 31.8 Å². The van der Waals surface area contributed by atoms with E-state index in [0.717, 1.165) is 24.3 Å². The minimum Gasteiger partial charge on any atom is -0.435 e. The lowest BCUT2D eigenvalue weighted by Gasteiger charge is -2.13. The van der Waals surface area contributed by atoms with Crippen LogP contribution in [0.5, 0.6) is 11.5 Å². The van der Waals surface area contributed by atoms with Crippen molar-refractivity contribution in [3.63, 3.8) is 0 Å². The van der Waals surface area contributed by atoms with Crippen molar-refractivity contribution in [2.24, 2.45) is 0 Å². The van der Waals surface area contributed by atoms with E-state index in [-0.39, 0.29) is 45.1 Å². The van der Waals surface area contributed by atoms with E-state index >= 15 is 8.78 Å². The lowest BCUT2D eigenvalue weighted by Crippen LogP contribution is -2.16. The van der Waals surface area contributed by atoms with Gasteiger partial charge in [-0.3, -0.25) is 9.59 Å². The minimum absolute atomic E-state index is 0.0315. The molecule has 0 heterocycles. The van der Waals surface area contributed by atoms with Crippen LogP contribution >= 0.6 is 23.2 Å². The lowest BCUT2D eigenvalue weighted by atomic mass is 9.98. The highest BCUT2D eigenvalue weighted by Gasteiger charge is 2.92. The highest BCUT2D eigenvalue weighted by Crippen LogP contribution is 2.80. The van der Waals surface area contributed by atoms with Gasteiger partial charge in [0.2, 0.25) is 15.7 Å². The molecule has 6 nitrogen and oxygen atoms in total. The molecule has 45 heavy (non-hydrogen) atoms. The molecule has 234 valence electrons. The fourth-order valence-electron chi connectivity index (χ4n) is 4.79. The summed E-state index contributed by atoms with van der Waals surface area (Å²) in [7, 11) is 0. The highest BCUT2D eigenvalue weighted by molar-refractivity contribution is 6.53. The van der Waals surface area contributed by atoms with Gasteiger partial charge in [0.05, 0.1) is 0 Å². The summed E-state index contributed by atoms with van der Waals surface area (Å²) in [6.45, 7) is -6.11. The topological polar surface area (TPSA) is 76.7 Å². The molecule has 1 aliphatic carbocycles. The number of anilines is 2. The van der Waals surface area contributed by atoms with Gasteiger partial charge in [0.15, 0.2) is 0 Å². The molecule has 5 rings (SSSR count). The quantitative estimate of drug-likeness (QED) is 0.131. The zero-order chi connectivity index (χ0) is 32.6. The Hall–Kier alpha value is -4.42. The predicted octanol–water partition coefficient (Wildman–Crippen LogP) is 8.61. The Morgan fingerprint density at radius 2 is 0.956 bits per heavy atom. The van der Waals surface area contributed by atoms with Gasteiger partial charge in [0.1, 0.15) is 11.5 Å². The molecule has 0 saturated heterocycles. The van der Waals surface area contributed by atoms with Crippen molar-refractivity contribution in [1.29, 1.82) is 0 Å². The van der Waals surface area contributed by atoms with Gasteiger partial charge in [-0.2, -0.15) is 17.6 Å². The van der Waals surface area contributed by atoms with Crippen molar-refractivity contribution in [2.45, 2.75) is 28.9 Å². The standard InChI is InChI=1S/C31H20Cl2F6N2O4/c32-31(33)29(38,19-11-7-17(8-12-19)25(42)40-21-3-1-5-23(15-21)44-27(34)35)30(31,39)20-13-9-18(10-14-20)26(43)41-22-4-2-6-24(16-22)45-28(36)37/h1-16,27-28H,(H,40,42)(H,41,43). The molecule has 1 aliphatic rings. The summed E-state index contributed by atoms with van der Waals surface area (Å²) in [5, 5.41) is 4.98. The van der Waals surface area contributed by atoms with Crippen molar-refractivity contribution in [3.8, 4) is 11.5 Å². The van der Waals surface area contributed by atoms with Gasteiger partial charge in [0, 0.05) is 34.6 Å². The van der Waals surface area contributed by atoms with Crippen molar-refractivity contribution in [2.75, 3.05) is 10.6 Å². The third-order valence-electron chi connectivity index (χ3n) is 7.00. The molecule has 2 N–H and O–H groups in total. The fourth-order valence-corrected chi connectivity index (χ4v) is 5.65. The molecule has 2 amide bonds. The number of amides is 2. The summed E-state index contributed by atoms with van der Waals surface area (Å²) < 4.78 is 88.5. The second kappa shape index (κ2) is 12.2. The van der Waals surface area contributed by atoms with Gasteiger partial charge in [-0.1, -0.05) is 59.6 Å². The van der Waals surface area contributed by atoms with E-state index < -0.39 is 40.7 Å². The van der Waals surface area contributed by atoms with Crippen LogP contribution in [0.2, 0.25) is 0 Å². The smallest absolute Gasteiger partial charge is 0.387 e. The molecule has 0 spiro atoms. The first-order valence-corrected chi connectivity index (χ1v) is 13.7. The molecule has 1 saturated carbocycles. The number of hydrogen-bond acceptors (Lipinski definition) is 4. The van der Waals surface area contributed by atoms with Crippen molar-refractivity contribution in [3.05, 3.63) is 119 Å². The Kier molecular flexibility index (Phi) is 8.65. The molecule has 0 aliphatic heterocycles. The number of rotatable bonds is 10. The van der Waals surface area contributed by atoms with Crippen LogP contribution in [0.3, 0.4) is 0 Å². The summed E-state index contributed by atoms with van der Waals surface area (Å²) in [5.41, 5.74) is -6.07. The van der Waals surface area contributed by atoms with Crippen LogP contribution in [0.25, 0.3) is 0 Å². The number of nitrogens with one attached hydrogen (secondary N) is 2. The van der Waals surface area contributed by atoms with Crippen molar-refractivity contribution >= 4 is 46.4 Å². The maximum absolute atomic E-state index is 16.3. The third kappa shape index (κ3) is 5.99. The third-order valence-corrected chi connectivity index (χ3v) is 8.04. The SMILES string of the molecule is O=C(Nc1cccc(OC(F)F)c1)c1ccc(C2(F)C(Cl)(Cl)C2(F)c2ccc(C(=O)Nc3cccc(OC(F)F)c3)cc2)cc1. The Morgan fingerprint density at radius 1 is 0.600 bits per heavy atom.